The molecule has 1 atom stereocenters. The molecule has 19 heavy (non-hydrogen) atoms. The van der Waals surface area contributed by atoms with Gasteiger partial charge in [-0.05, 0) is 18.1 Å². The van der Waals surface area contributed by atoms with Crippen LogP contribution in [0.25, 0.3) is 11.1 Å². The fourth-order valence-corrected chi connectivity index (χ4v) is 2.14. The van der Waals surface area contributed by atoms with Crippen molar-refractivity contribution in [3.8, 4) is 16.9 Å². The lowest BCUT2D eigenvalue weighted by Gasteiger charge is -2.18. The Hall–Kier alpha value is -1.87. The van der Waals surface area contributed by atoms with Gasteiger partial charge in [0.05, 0.1) is 0 Å². The van der Waals surface area contributed by atoms with Crippen LogP contribution in [0.1, 0.15) is 13.3 Å². The number of benzene rings is 2. The Morgan fingerprint density at radius 2 is 1.74 bits per heavy atom. The normalized spacial score (nSPS) is 11.8. The highest BCUT2D eigenvalue weighted by molar-refractivity contribution is 7.80. The zero-order valence-corrected chi connectivity index (χ0v) is 11.7. The first-order chi connectivity index (χ1) is 9.22. The van der Waals surface area contributed by atoms with Gasteiger partial charge < -0.3 is 10.5 Å². The smallest absolute Gasteiger partial charge is 0.148 e. The lowest BCUT2D eigenvalue weighted by molar-refractivity contribution is 0.265. The zero-order chi connectivity index (χ0) is 13.7. The third-order valence-corrected chi connectivity index (χ3v) is 3.19. The van der Waals surface area contributed by atoms with E-state index in [4.69, 9.17) is 22.7 Å². The van der Waals surface area contributed by atoms with Crippen LogP contribution in [0, 0.1) is 0 Å². The summed E-state index contributed by atoms with van der Waals surface area (Å²) in [7, 11) is 0. The summed E-state index contributed by atoms with van der Waals surface area (Å²) in [5, 5.41) is 0. The Morgan fingerprint density at radius 1 is 1.11 bits per heavy atom. The van der Waals surface area contributed by atoms with Crippen LogP contribution in [0.15, 0.2) is 54.6 Å². The van der Waals surface area contributed by atoms with Crippen molar-refractivity contribution >= 4 is 17.2 Å². The highest BCUT2D eigenvalue weighted by Crippen LogP contribution is 2.30. The number of hydrogen-bond donors (Lipinski definition) is 1. The molecule has 1 unspecified atom stereocenters. The van der Waals surface area contributed by atoms with Gasteiger partial charge in [-0.2, -0.15) is 0 Å². The molecule has 2 nitrogen and oxygen atoms in total. The van der Waals surface area contributed by atoms with Gasteiger partial charge in [-0.1, -0.05) is 67.7 Å². The maximum absolute atomic E-state index is 5.94. The van der Waals surface area contributed by atoms with Crippen molar-refractivity contribution < 1.29 is 4.74 Å². The van der Waals surface area contributed by atoms with Gasteiger partial charge in [0.1, 0.15) is 16.8 Å². The van der Waals surface area contributed by atoms with Gasteiger partial charge in [-0.3, -0.25) is 0 Å². The Labute approximate surface area is 119 Å². The summed E-state index contributed by atoms with van der Waals surface area (Å²) in [6.07, 6.45) is 0.540. The molecule has 0 heterocycles. The van der Waals surface area contributed by atoms with Crippen molar-refractivity contribution in [2.45, 2.75) is 19.4 Å². The van der Waals surface area contributed by atoms with Crippen molar-refractivity contribution in [3.63, 3.8) is 0 Å². The molecule has 0 radical (unpaired) electrons. The van der Waals surface area contributed by atoms with Crippen LogP contribution in [0.3, 0.4) is 0 Å². The maximum Gasteiger partial charge on any atom is 0.148 e. The van der Waals surface area contributed by atoms with Crippen LogP contribution in [-0.2, 0) is 0 Å². The first-order valence-electron chi connectivity index (χ1n) is 6.32. The number of hydrogen-bond acceptors (Lipinski definition) is 2. The first-order valence-corrected chi connectivity index (χ1v) is 6.73. The molecule has 2 aromatic rings. The maximum atomic E-state index is 5.94. The molecule has 0 aromatic heterocycles. The number of para-hydroxylation sites is 1. The van der Waals surface area contributed by atoms with Gasteiger partial charge in [0, 0.05) is 5.56 Å². The number of rotatable bonds is 5. The summed E-state index contributed by atoms with van der Waals surface area (Å²) in [5.41, 5.74) is 7.86. The third kappa shape index (κ3) is 3.32. The van der Waals surface area contributed by atoms with Crippen LogP contribution in [-0.4, -0.2) is 11.1 Å². The van der Waals surface area contributed by atoms with Crippen molar-refractivity contribution in [1.82, 2.24) is 0 Å². The highest BCUT2D eigenvalue weighted by Gasteiger charge is 2.13. The molecule has 98 valence electrons. The Morgan fingerprint density at radius 3 is 2.37 bits per heavy atom. The molecule has 2 rings (SSSR count). The molecule has 0 aliphatic heterocycles. The van der Waals surface area contributed by atoms with Gasteiger partial charge >= 0.3 is 0 Å². The number of thiocarbonyl (C=S) groups is 1. The molecular weight excluding hydrogens is 254 g/mol. The summed E-state index contributed by atoms with van der Waals surface area (Å²) in [6.45, 7) is 2.01. The van der Waals surface area contributed by atoms with Gasteiger partial charge in [-0.15, -0.1) is 0 Å². The lowest BCUT2D eigenvalue weighted by atomic mass is 10.0. The van der Waals surface area contributed by atoms with Crippen LogP contribution in [0.5, 0.6) is 5.75 Å². The number of ether oxygens (including phenoxy) is 1. The summed E-state index contributed by atoms with van der Waals surface area (Å²) in [5.74, 6) is 0.813. The van der Waals surface area contributed by atoms with Crippen LogP contribution in [0.4, 0.5) is 0 Å². The van der Waals surface area contributed by atoms with Crippen molar-refractivity contribution in [2.75, 3.05) is 0 Å². The topological polar surface area (TPSA) is 35.2 Å². The first kappa shape index (κ1) is 13.6. The van der Waals surface area contributed by atoms with Gasteiger partial charge in [0.15, 0.2) is 0 Å². The molecule has 0 fully saturated rings. The van der Waals surface area contributed by atoms with Crippen LogP contribution < -0.4 is 10.5 Å². The fraction of sp³-hybridized carbons (Fsp3) is 0.188. The number of nitrogens with two attached hydrogens (primary N) is 1. The Kier molecular flexibility index (Phi) is 4.53. The van der Waals surface area contributed by atoms with Crippen LogP contribution in [0.2, 0.25) is 0 Å². The zero-order valence-electron chi connectivity index (χ0n) is 10.9. The van der Waals surface area contributed by atoms with Gasteiger partial charge in [0.2, 0.25) is 0 Å². The Bertz CT molecular complexity index is 554. The standard InChI is InChI=1S/C16H17NOS/c1-2-14(16(17)19)18-15-11-7-6-10-13(15)12-8-4-3-5-9-12/h3-11,14H,2H2,1H3,(H2,17,19). The molecule has 0 aliphatic carbocycles. The third-order valence-electron chi connectivity index (χ3n) is 2.93. The van der Waals surface area contributed by atoms with Crippen LogP contribution >= 0.6 is 12.2 Å². The minimum atomic E-state index is -0.222. The van der Waals surface area contributed by atoms with E-state index in [1.54, 1.807) is 0 Å². The molecule has 0 spiro atoms. The van der Waals surface area contributed by atoms with Gasteiger partial charge in [-0.25, -0.2) is 0 Å². The average Bonchev–Trinajstić information content (AvgIpc) is 2.45. The van der Waals surface area contributed by atoms with E-state index in [0.717, 1.165) is 23.3 Å². The molecule has 2 aromatic carbocycles. The second-order valence-corrected chi connectivity index (χ2v) is 4.75. The second kappa shape index (κ2) is 6.34. The molecule has 2 N–H and O–H groups in total. The quantitative estimate of drug-likeness (QED) is 0.840. The van der Waals surface area contributed by atoms with Crippen molar-refractivity contribution in [1.29, 1.82) is 0 Å². The molecule has 0 bridgehead atoms. The minimum Gasteiger partial charge on any atom is -0.483 e. The average molecular weight is 271 g/mol. The van der Waals surface area contributed by atoms with E-state index in [1.807, 2.05) is 49.4 Å². The summed E-state index contributed by atoms with van der Waals surface area (Å²) in [4.78, 5) is 0.394. The molecule has 0 amide bonds. The molecular formula is C16H17NOS. The molecule has 0 saturated carbocycles. The summed E-state index contributed by atoms with van der Waals surface area (Å²) in [6, 6.07) is 18.1. The lowest BCUT2D eigenvalue weighted by Crippen LogP contribution is -2.31. The predicted octanol–water partition coefficient (Wildman–Crippen LogP) is 3.80. The molecule has 3 heteroatoms. The largest absolute Gasteiger partial charge is 0.483 e. The highest BCUT2D eigenvalue weighted by atomic mass is 32.1. The monoisotopic (exact) mass is 271 g/mol. The predicted molar refractivity (Wildman–Crippen MR) is 83.4 cm³/mol. The fourth-order valence-electron chi connectivity index (χ4n) is 1.92. The van der Waals surface area contributed by atoms with E-state index in [-0.39, 0.29) is 6.10 Å². The minimum absolute atomic E-state index is 0.222. The second-order valence-electron chi connectivity index (χ2n) is 4.28. The Balaban J connectivity index is 2.34. The van der Waals surface area contributed by atoms with E-state index in [2.05, 4.69) is 12.1 Å². The van der Waals surface area contributed by atoms with E-state index < -0.39 is 0 Å². The SMILES string of the molecule is CCC(Oc1ccccc1-c1ccccc1)C(N)=S. The molecule has 0 saturated heterocycles. The summed E-state index contributed by atoms with van der Waals surface area (Å²) >= 11 is 5.03. The van der Waals surface area contributed by atoms with E-state index in [0.29, 0.717) is 4.99 Å². The summed E-state index contributed by atoms with van der Waals surface area (Å²) < 4.78 is 5.94. The van der Waals surface area contributed by atoms with E-state index >= 15 is 0 Å². The molecule has 0 aliphatic rings. The van der Waals surface area contributed by atoms with Gasteiger partial charge in [0.25, 0.3) is 0 Å². The van der Waals surface area contributed by atoms with Crippen molar-refractivity contribution in [2.24, 2.45) is 5.73 Å². The van der Waals surface area contributed by atoms with Crippen molar-refractivity contribution in [3.05, 3.63) is 54.6 Å². The van der Waals surface area contributed by atoms with E-state index in [9.17, 15) is 0 Å². The van der Waals surface area contributed by atoms with E-state index in [1.165, 1.54) is 0 Å².